The Labute approximate surface area is 69.9 Å². The van der Waals surface area contributed by atoms with Crippen molar-refractivity contribution in [2.24, 2.45) is 5.92 Å². The SMILES string of the molecule is O=S(=O)(Cl)CC1CC(Cl)C1. The van der Waals surface area contributed by atoms with Gasteiger partial charge in [-0.15, -0.1) is 11.6 Å². The Hall–Kier alpha value is 0.530. The van der Waals surface area contributed by atoms with Crippen molar-refractivity contribution in [2.45, 2.75) is 18.2 Å². The lowest BCUT2D eigenvalue weighted by molar-refractivity contribution is 0.357. The molecular weight excluding hydrogens is 195 g/mol. The third-order valence-corrected chi connectivity index (χ3v) is 3.22. The van der Waals surface area contributed by atoms with E-state index < -0.39 is 9.05 Å². The molecule has 0 aliphatic heterocycles. The van der Waals surface area contributed by atoms with Gasteiger partial charge < -0.3 is 0 Å². The quantitative estimate of drug-likeness (QED) is 0.504. The molecule has 1 fully saturated rings. The van der Waals surface area contributed by atoms with Crippen LogP contribution >= 0.6 is 22.3 Å². The van der Waals surface area contributed by atoms with Crippen molar-refractivity contribution >= 4 is 31.3 Å². The Morgan fingerprint density at radius 2 is 1.90 bits per heavy atom. The predicted octanol–water partition coefficient (Wildman–Crippen LogP) is 1.57. The van der Waals surface area contributed by atoms with Gasteiger partial charge in [-0.05, 0) is 18.8 Å². The second kappa shape index (κ2) is 2.88. The van der Waals surface area contributed by atoms with Gasteiger partial charge in [0.05, 0.1) is 5.75 Å². The molecule has 10 heavy (non-hydrogen) atoms. The summed E-state index contributed by atoms with van der Waals surface area (Å²) < 4.78 is 20.9. The molecule has 0 radical (unpaired) electrons. The average Bonchev–Trinajstić information content (AvgIpc) is 1.57. The number of halogens is 2. The maximum Gasteiger partial charge on any atom is 0.232 e. The van der Waals surface area contributed by atoms with Crippen LogP contribution in [-0.2, 0) is 9.05 Å². The van der Waals surface area contributed by atoms with E-state index in [1.165, 1.54) is 0 Å². The minimum atomic E-state index is -3.29. The lowest BCUT2D eigenvalue weighted by atomic mass is 9.87. The molecule has 0 saturated heterocycles. The van der Waals surface area contributed by atoms with Gasteiger partial charge in [-0.25, -0.2) is 8.42 Å². The summed E-state index contributed by atoms with van der Waals surface area (Å²) in [5, 5.41) is 0.170. The summed E-state index contributed by atoms with van der Waals surface area (Å²) >= 11 is 5.63. The van der Waals surface area contributed by atoms with Gasteiger partial charge in [0.25, 0.3) is 0 Å². The van der Waals surface area contributed by atoms with E-state index in [0.29, 0.717) is 0 Å². The van der Waals surface area contributed by atoms with Gasteiger partial charge >= 0.3 is 0 Å². The molecule has 0 aromatic rings. The molecular formula is C5H8Cl2O2S. The predicted molar refractivity (Wildman–Crippen MR) is 42.0 cm³/mol. The van der Waals surface area contributed by atoms with Crippen LogP contribution in [0.25, 0.3) is 0 Å². The molecule has 0 aromatic heterocycles. The number of rotatable bonds is 2. The molecule has 1 aliphatic rings. The zero-order chi connectivity index (χ0) is 7.78. The molecule has 1 rings (SSSR count). The van der Waals surface area contributed by atoms with Gasteiger partial charge in [0, 0.05) is 16.1 Å². The topological polar surface area (TPSA) is 34.1 Å². The first-order valence-electron chi connectivity index (χ1n) is 3.04. The zero-order valence-corrected chi connectivity index (χ0v) is 7.59. The number of hydrogen-bond donors (Lipinski definition) is 0. The second-order valence-electron chi connectivity index (χ2n) is 2.64. The van der Waals surface area contributed by atoms with E-state index in [0.717, 1.165) is 12.8 Å². The first kappa shape index (κ1) is 8.62. The molecule has 5 heteroatoms. The smallest absolute Gasteiger partial charge is 0.212 e. The van der Waals surface area contributed by atoms with Crippen molar-refractivity contribution in [3.63, 3.8) is 0 Å². The molecule has 0 amide bonds. The minimum absolute atomic E-state index is 0.0811. The fraction of sp³-hybridized carbons (Fsp3) is 1.00. The first-order valence-corrected chi connectivity index (χ1v) is 5.95. The van der Waals surface area contributed by atoms with Crippen LogP contribution < -0.4 is 0 Å². The fourth-order valence-corrected chi connectivity index (χ4v) is 2.95. The van der Waals surface area contributed by atoms with Crippen molar-refractivity contribution in [1.82, 2.24) is 0 Å². The van der Waals surface area contributed by atoms with Crippen LogP contribution in [0, 0.1) is 5.92 Å². The molecule has 0 heterocycles. The van der Waals surface area contributed by atoms with Crippen molar-refractivity contribution < 1.29 is 8.42 Å². The maximum absolute atomic E-state index is 10.5. The van der Waals surface area contributed by atoms with Crippen molar-refractivity contribution in [3.05, 3.63) is 0 Å². The summed E-state index contributed by atoms with van der Waals surface area (Å²) in [6.07, 6.45) is 1.57. The van der Waals surface area contributed by atoms with E-state index in [-0.39, 0.29) is 17.0 Å². The Bertz CT molecular complexity index is 206. The van der Waals surface area contributed by atoms with E-state index in [2.05, 4.69) is 0 Å². The number of alkyl halides is 1. The largest absolute Gasteiger partial charge is 0.232 e. The summed E-state index contributed by atoms with van der Waals surface area (Å²) in [5.41, 5.74) is 0. The molecule has 1 saturated carbocycles. The fourth-order valence-electron chi connectivity index (χ4n) is 1.07. The van der Waals surface area contributed by atoms with Gasteiger partial charge in [-0.1, -0.05) is 0 Å². The van der Waals surface area contributed by atoms with E-state index in [1.807, 2.05) is 0 Å². The highest BCUT2D eigenvalue weighted by atomic mass is 35.7. The van der Waals surface area contributed by atoms with E-state index in [1.54, 1.807) is 0 Å². The normalized spacial score (nSPS) is 33.4. The molecule has 0 bridgehead atoms. The summed E-state index contributed by atoms with van der Waals surface area (Å²) in [6.45, 7) is 0. The molecule has 0 spiro atoms. The average molecular weight is 203 g/mol. The highest BCUT2D eigenvalue weighted by molar-refractivity contribution is 8.13. The van der Waals surface area contributed by atoms with Gasteiger partial charge in [0.2, 0.25) is 9.05 Å². The molecule has 2 nitrogen and oxygen atoms in total. The Morgan fingerprint density at radius 3 is 2.20 bits per heavy atom. The zero-order valence-electron chi connectivity index (χ0n) is 5.26. The van der Waals surface area contributed by atoms with Crippen LogP contribution in [0.1, 0.15) is 12.8 Å². The number of hydrogen-bond acceptors (Lipinski definition) is 2. The van der Waals surface area contributed by atoms with Gasteiger partial charge in [-0.2, -0.15) is 0 Å². The van der Waals surface area contributed by atoms with E-state index in [4.69, 9.17) is 22.3 Å². The Kier molecular flexibility index (Phi) is 2.48. The molecule has 0 unspecified atom stereocenters. The lowest BCUT2D eigenvalue weighted by Gasteiger charge is -2.29. The molecule has 0 atom stereocenters. The standard InChI is InChI=1S/C5H8Cl2O2S/c6-5-1-4(2-5)3-10(7,8)9/h4-5H,1-3H2. The third kappa shape index (κ3) is 2.64. The van der Waals surface area contributed by atoms with Gasteiger partial charge in [0.1, 0.15) is 0 Å². The van der Waals surface area contributed by atoms with Crippen LogP contribution in [0.15, 0.2) is 0 Å². The summed E-state index contributed by atoms with van der Waals surface area (Å²) in [5.74, 6) is 0.280. The Balaban J connectivity index is 2.30. The van der Waals surface area contributed by atoms with Crippen LogP contribution in [0.2, 0.25) is 0 Å². The van der Waals surface area contributed by atoms with E-state index >= 15 is 0 Å². The molecule has 1 aliphatic carbocycles. The summed E-state index contributed by atoms with van der Waals surface area (Å²) in [6, 6.07) is 0. The maximum atomic E-state index is 10.5. The van der Waals surface area contributed by atoms with Crippen LogP contribution in [0.5, 0.6) is 0 Å². The molecule has 60 valence electrons. The molecule has 0 aromatic carbocycles. The second-order valence-corrected chi connectivity index (χ2v) is 6.08. The Morgan fingerprint density at radius 1 is 1.40 bits per heavy atom. The third-order valence-electron chi connectivity index (χ3n) is 1.61. The van der Waals surface area contributed by atoms with Gasteiger partial charge in [0.15, 0.2) is 0 Å². The van der Waals surface area contributed by atoms with Crippen molar-refractivity contribution in [2.75, 3.05) is 5.75 Å². The van der Waals surface area contributed by atoms with Crippen LogP contribution in [0.3, 0.4) is 0 Å². The highest BCUT2D eigenvalue weighted by Crippen LogP contribution is 2.33. The monoisotopic (exact) mass is 202 g/mol. The highest BCUT2D eigenvalue weighted by Gasteiger charge is 2.30. The first-order chi connectivity index (χ1) is 4.47. The van der Waals surface area contributed by atoms with Crippen molar-refractivity contribution in [1.29, 1.82) is 0 Å². The van der Waals surface area contributed by atoms with Crippen LogP contribution in [0.4, 0.5) is 0 Å². The summed E-state index contributed by atoms with van der Waals surface area (Å²) in [4.78, 5) is 0. The van der Waals surface area contributed by atoms with Crippen molar-refractivity contribution in [3.8, 4) is 0 Å². The minimum Gasteiger partial charge on any atom is -0.212 e. The van der Waals surface area contributed by atoms with Gasteiger partial charge in [-0.3, -0.25) is 0 Å². The van der Waals surface area contributed by atoms with E-state index in [9.17, 15) is 8.42 Å². The molecule has 0 N–H and O–H groups in total. The lowest BCUT2D eigenvalue weighted by Crippen LogP contribution is -2.28. The van der Waals surface area contributed by atoms with Crippen LogP contribution in [-0.4, -0.2) is 19.5 Å². The summed E-state index contributed by atoms with van der Waals surface area (Å²) in [7, 11) is 1.72.